The van der Waals surface area contributed by atoms with Crippen LogP contribution >= 0.6 is 15.9 Å². The van der Waals surface area contributed by atoms with Crippen molar-refractivity contribution in [1.29, 1.82) is 0 Å². The molecule has 1 fully saturated rings. The summed E-state index contributed by atoms with van der Waals surface area (Å²) >= 11 is 3.56. The van der Waals surface area contributed by atoms with Crippen LogP contribution in [0.2, 0.25) is 0 Å². The van der Waals surface area contributed by atoms with E-state index < -0.39 is 0 Å². The number of anilines is 2. The van der Waals surface area contributed by atoms with Gasteiger partial charge >= 0.3 is 0 Å². The molecule has 2 aromatic heterocycles. The van der Waals surface area contributed by atoms with Gasteiger partial charge in [-0.1, -0.05) is 0 Å². The van der Waals surface area contributed by atoms with Crippen LogP contribution in [0.25, 0.3) is 0 Å². The van der Waals surface area contributed by atoms with E-state index in [1.54, 1.807) is 0 Å². The summed E-state index contributed by atoms with van der Waals surface area (Å²) in [6.45, 7) is 3.14. The van der Waals surface area contributed by atoms with Gasteiger partial charge in [0.15, 0.2) is 0 Å². The van der Waals surface area contributed by atoms with Crippen LogP contribution in [0.5, 0.6) is 0 Å². The van der Waals surface area contributed by atoms with Gasteiger partial charge in [0.05, 0.1) is 29.0 Å². The number of aromatic nitrogens is 4. The van der Waals surface area contributed by atoms with Crippen LogP contribution in [-0.2, 0) is 17.8 Å². The Balaban J connectivity index is 1.60. The summed E-state index contributed by atoms with van der Waals surface area (Å²) in [5.74, 6) is 1.30. The van der Waals surface area contributed by atoms with Gasteiger partial charge in [0.25, 0.3) is 0 Å². The molecular formula is C15H19BrN6O. The number of nitrogens with zero attached hydrogens (tertiary/aromatic N) is 5. The first-order valence-electron chi connectivity index (χ1n) is 7.92. The number of fused-ring (bicyclic) bond motifs is 1. The standard InChI is InChI=1S/C15H19BrN6O/c16-11-8-18-15(19-14(11)12-3-1-2-6-23-12)21-4-5-22-10(9-21)7-13(17)20-22/h7-8,12H,1-6,9H2,(H2,17,20). The number of rotatable bonds is 2. The van der Waals surface area contributed by atoms with Crippen molar-refractivity contribution in [3.05, 3.63) is 28.1 Å². The first-order chi connectivity index (χ1) is 11.2. The molecule has 0 radical (unpaired) electrons. The second-order valence-electron chi connectivity index (χ2n) is 5.96. The molecule has 0 aliphatic carbocycles. The Morgan fingerprint density at radius 2 is 2.22 bits per heavy atom. The highest BCUT2D eigenvalue weighted by atomic mass is 79.9. The van der Waals surface area contributed by atoms with Crippen molar-refractivity contribution in [3.63, 3.8) is 0 Å². The zero-order valence-corrected chi connectivity index (χ0v) is 14.4. The summed E-state index contributed by atoms with van der Waals surface area (Å²) < 4.78 is 8.75. The van der Waals surface area contributed by atoms with Gasteiger partial charge in [-0.15, -0.1) is 0 Å². The van der Waals surface area contributed by atoms with Crippen LogP contribution in [0.1, 0.15) is 36.8 Å². The Morgan fingerprint density at radius 1 is 1.30 bits per heavy atom. The van der Waals surface area contributed by atoms with Gasteiger partial charge in [-0.3, -0.25) is 4.68 Å². The number of hydrogen-bond acceptors (Lipinski definition) is 6. The summed E-state index contributed by atoms with van der Waals surface area (Å²) in [6, 6.07) is 1.91. The van der Waals surface area contributed by atoms with Crippen molar-refractivity contribution in [2.24, 2.45) is 0 Å². The lowest BCUT2D eigenvalue weighted by molar-refractivity contribution is 0.0118. The fourth-order valence-electron chi connectivity index (χ4n) is 3.16. The average molecular weight is 379 g/mol. The molecule has 2 aliphatic rings. The van der Waals surface area contributed by atoms with Crippen molar-refractivity contribution in [3.8, 4) is 0 Å². The third-order valence-corrected chi connectivity index (χ3v) is 4.95. The summed E-state index contributed by atoms with van der Waals surface area (Å²) in [6.07, 6.45) is 5.21. The van der Waals surface area contributed by atoms with E-state index in [-0.39, 0.29) is 6.10 Å². The summed E-state index contributed by atoms with van der Waals surface area (Å²) in [5.41, 5.74) is 7.82. The molecule has 1 saturated heterocycles. The molecule has 1 atom stereocenters. The largest absolute Gasteiger partial charge is 0.382 e. The van der Waals surface area contributed by atoms with Gasteiger partial charge in [-0.25, -0.2) is 9.97 Å². The number of ether oxygens (including phenoxy) is 1. The minimum absolute atomic E-state index is 0.0610. The lowest BCUT2D eigenvalue weighted by Gasteiger charge is -2.29. The molecule has 2 aromatic rings. The minimum Gasteiger partial charge on any atom is -0.382 e. The van der Waals surface area contributed by atoms with Crippen LogP contribution in [0.3, 0.4) is 0 Å². The maximum absolute atomic E-state index is 5.88. The molecular weight excluding hydrogens is 360 g/mol. The fourth-order valence-corrected chi connectivity index (χ4v) is 3.61. The molecule has 1 unspecified atom stereocenters. The second-order valence-corrected chi connectivity index (χ2v) is 6.82. The van der Waals surface area contributed by atoms with E-state index in [4.69, 9.17) is 15.5 Å². The van der Waals surface area contributed by atoms with Gasteiger partial charge in [-0.2, -0.15) is 5.10 Å². The third-order valence-electron chi connectivity index (χ3n) is 4.34. The minimum atomic E-state index is 0.0610. The molecule has 23 heavy (non-hydrogen) atoms. The molecule has 2 aliphatic heterocycles. The second kappa shape index (κ2) is 6.09. The Bertz CT molecular complexity index is 712. The van der Waals surface area contributed by atoms with Gasteiger partial charge in [0.2, 0.25) is 5.95 Å². The van der Waals surface area contributed by atoms with Gasteiger partial charge < -0.3 is 15.4 Å². The Morgan fingerprint density at radius 3 is 3.04 bits per heavy atom. The third kappa shape index (κ3) is 2.92. The smallest absolute Gasteiger partial charge is 0.226 e. The number of halogens is 1. The molecule has 122 valence electrons. The molecule has 2 N–H and O–H groups in total. The van der Waals surface area contributed by atoms with Crippen molar-refractivity contribution >= 4 is 27.7 Å². The highest BCUT2D eigenvalue weighted by Crippen LogP contribution is 2.32. The Hall–Kier alpha value is -1.67. The highest BCUT2D eigenvalue weighted by Gasteiger charge is 2.24. The normalized spacial score (nSPS) is 21.3. The van der Waals surface area contributed by atoms with Crippen LogP contribution in [0, 0.1) is 0 Å². The number of nitrogens with two attached hydrogens (primary N) is 1. The van der Waals surface area contributed by atoms with E-state index in [0.29, 0.717) is 5.82 Å². The molecule has 0 saturated carbocycles. The topological polar surface area (TPSA) is 82.1 Å². The van der Waals surface area contributed by atoms with Crippen molar-refractivity contribution < 1.29 is 4.74 Å². The maximum atomic E-state index is 5.88. The predicted molar refractivity (Wildman–Crippen MR) is 90.0 cm³/mol. The lowest BCUT2D eigenvalue weighted by Crippen LogP contribution is -2.35. The molecule has 4 heterocycles. The van der Waals surface area contributed by atoms with Gasteiger partial charge in [0, 0.05) is 25.4 Å². The van der Waals surface area contributed by atoms with E-state index in [9.17, 15) is 0 Å². The van der Waals surface area contributed by atoms with E-state index >= 15 is 0 Å². The quantitative estimate of drug-likeness (QED) is 0.862. The first-order valence-corrected chi connectivity index (χ1v) is 8.71. The fraction of sp³-hybridized carbons (Fsp3) is 0.533. The maximum Gasteiger partial charge on any atom is 0.226 e. The van der Waals surface area contributed by atoms with Crippen molar-refractivity contribution in [1.82, 2.24) is 19.7 Å². The van der Waals surface area contributed by atoms with E-state index in [2.05, 4.69) is 30.9 Å². The average Bonchev–Trinajstić information content (AvgIpc) is 2.95. The lowest BCUT2D eigenvalue weighted by atomic mass is 10.1. The van der Waals surface area contributed by atoms with Crippen molar-refractivity contribution in [2.75, 3.05) is 23.8 Å². The first kappa shape index (κ1) is 14.9. The summed E-state index contributed by atoms with van der Waals surface area (Å²) in [4.78, 5) is 11.4. The van der Waals surface area contributed by atoms with E-state index in [1.165, 1.54) is 6.42 Å². The molecule has 0 bridgehead atoms. The summed E-state index contributed by atoms with van der Waals surface area (Å²) in [7, 11) is 0. The van der Waals surface area contributed by atoms with Gasteiger partial charge in [0.1, 0.15) is 11.9 Å². The van der Waals surface area contributed by atoms with E-state index in [1.807, 2.05) is 16.9 Å². The zero-order valence-electron chi connectivity index (χ0n) is 12.8. The van der Waals surface area contributed by atoms with Gasteiger partial charge in [-0.05, 0) is 35.2 Å². The van der Waals surface area contributed by atoms with Crippen LogP contribution in [0.4, 0.5) is 11.8 Å². The Labute approximate surface area is 143 Å². The monoisotopic (exact) mass is 378 g/mol. The van der Waals surface area contributed by atoms with Crippen LogP contribution in [-0.4, -0.2) is 32.9 Å². The predicted octanol–water partition coefficient (Wildman–Crippen LogP) is 2.28. The molecule has 0 aromatic carbocycles. The highest BCUT2D eigenvalue weighted by molar-refractivity contribution is 9.10. The SMILES string of the molecule is Nc1cc2n(n1)CCN(c1ncc(Br)c(C3CCCCO3)n1)C2. The number of nitrogen functional groups attached to an aromatic ring is 1. The Kier molecular flexibility index (Phi) is 3.94. The molecule has 0 amide bonds. The molecule has 7 nitrogen and oxygen atoms in total. The summed E-state index contributed by atoms with van der Waals surface area (Å²) in [5, 5.41) is 4.28. The molecule has 0 spiro atoms. The van der Waals surface area contributed by atoms with E-state index in [0.717, 1.165) is 60.9 Å². The van der Waals surface area contributed by atoms with Crippen molar-refractivity contribution in [2.45, 2.75) is 38.5 Å². The molecule has 4 rings (SSSR count). The number of hydrogen-bond donors (Lipinski definition) is 1. The zero-order chi connectivity index (χ0) is 15.8. The van der Waals surface area contributed by atoms with Crippen LogP contribution < -0.4 is 10.6 Å². The molecule has 8 heteroatoms. The van der Waals surface area contributed by atoms with Crippen LogP contribution in [0.15, 0.2) is 16.7 Å².